The van der Waals surface area contributed by atoms with Gasteiger partial charge < -0.3 is 19.6 Å². The molecule has 28 heavy (non-hydrogen) atoms. The zero-order valence-corrected chi connectivity index (χ0v) is 15.6. The molecule has 0 spiro atoms. The van der Waals surface area contributed by atoms with Gasteiger partial charge in [0.1, 0.15) is 22.5 Å². The Bertz CT molecular complexity index is 1230. The largest absolute Gasteiger partial charge is 0.506 e. The van der Waals surface area contributed by atoms with E-state index < -0.39 is 7.60 Å². The predicted molar refractivity (Wildman–Crippen MR) is 105 cm³/mol. The van der Waals surface area contributed by atoms with Crippen LogP contribution >= 0.6 is 7.60 Å². The Balaban J connectivity index is 1.51. The van der Waals surface area contributed by atoms with Crippen LogP contribution in [-0.4, -0.2) is 25.1 Å². The number of phenols is 2. The average Bonchev–Trinajstić information content (AvgIpc) is 2.67. The second-order valence-corrected chi connectivity index (χ2v) is 8.22. The first-order chi connectivity index (χ1) is 13.4. The lowest BCUT2D eigenvalue weighted by Gasteiger charge is -2.12. The van der Waals surface area contributed by atoms with E-state index in [1.54, 1.807) is 42.5 Å². The van der Waals surface area contributed by atoms with Gasteiger partial charge in [0.25, 0.3) is 0 Å². The smallest absolute Gasteiger partial charge is 0.334 e. The molecule has 3 N–H and O–H groups in total. The van der Waals surface area contributed by atoms with Crippen molar-refractivity contribution in [1.82, 2.24) is 9.97 Å². The van der Waals surface area contributed by atoms with Crippen LogP contribution in [0.3, 0.4) is 0 Å². The van der Waals surface area contributed by atoms with Crippen molar-refractivity contribution in [3.8, 4) is 11.5 Å². The monoisotopic (exact) mass is 396 g/mol. The summed E-state index contributed by atoms with van der Waals surface area (Å²) < 4.78 is 17.7. The molecule has 2 aromatic carbocycles. The normalized spacial score (nSPS) is 13.6. The first kappa shape index (κ1) is 18.4. The number of aromatic nitrogens is 2. The van der Waals surface area contributed by atoms with Crippen LogP contribution in [0.2, 0.25) is 0 Å². The highest BCUT2D eigenvalue weighted by Crippen LogP contribution is 2.46. The fraction of sp³-hybridized carbons (Fsp3) is 0.100. The minimum Gasteiger partial charge on any atom is -0.506 e. The van der Waals surface area contributed by atoms with Crippen LogP contribution in [0.5, 0.6) is 11.5 Å². The number of hydrogen-bond acceptors (Lipinski definition) is 6. The van der Waals surface area contributed by atoms with E-state index in [1.807, 2.05) is 6.07 Å². The Hall–Kier alpha value is -2.99. The van der Waals surface area contributed by atoms with Crippen molar-refractivity contribution in [2.75, 3.05) is 0 Å². The lowest BCUT2D eigenvalue weighted by molar-refractivity contribution is 0.246. The number of nitrogens with zero attached hydrogens (tertiary/aromatic N) is 2. The number of fused-ring (bicyclic) bond motifs is 2. The molecule has 4 rings (SSSR count). The van der Waals surface area contributed by atoms with E-state index in [1.165, 1.54) is 12.1 Å². The number of hydrogen-bond donors (Lipinski definition) is 3. The Labute approximate surface area is 160 Å². The van der Waals surface area contributed by atoms with Crippen molar-refractivity contribution in [2.24, 2.45) is 0 Å². The Morgan fingerprint density at radius 3 is 1.93 bits per heavy atom. The zero-order valence-electron chi connectivity index (χ0n) is 14.7. The molecule has 0 amide bonds. The van der Waals surface area contributed by atoms with Crippen molar-refractivity contribution >= 4 is 29.4 Å². The van der Waals surface area contributed by atoms with Gasteiger partial charge in [-0.15, -0.1) is 0 Å². The Kier molecular flexibility index (Phi) is 4.73. The Morgan fingerprint density at radius 2 is 1.32 bits per heavy atom. The molecule has 7 nitrogen and oxygen atoms in total. The highest BCUT2D eigenvalue weighted by Gasteiger charge is 2.22. The number of para-hydroxylation sites is 2. The molecule has 4 aromatic rings. The zero-order chi connectivity index (χ0) is 19.7. The number of aromatic hydroxyl groups is 2. The summed E-state index contributed by atoms with van der Waals surface area (Å²) in [6.07, 6.45) is -0.296. The third-order valence-electron chi connectivity index (χ3n) is 4.29. The molecule has 0 fully saturated rings. The minimum absolute atomic E-state index is 0.00760. The van der Waals surface area contributed by atoms with E-state index in [0.717, 1.165) is 10.8 Å². The molecule has 0 saturated carbocycles. The maximum absolute atomic E-state index is 12.5. The molecule has 0 aliphatic rings. The van der Waals surface area contributed by atoms with E-state index in [4.69, 9.17) is 4.52 Å². The van der Waals surface area contributed by atoms with Crippen LogP contribution in [0.1, 0.15) is 11.4 Å². The fourth-order valence-corrected chi connectivity index (χ4v) is 3.94. The van der Waals surface area contributed by atoms with Crippen molar-refractivity contribution in [2.45, 2.75) is 12.8 Å². The second kappa shape index (κ2) is 7.20. The summed E-state index contributed by atoms with van der Waals surface area (Å²) in [6, 6.07) is 16.8. The van der Waals surface area contributed by atoms with Crippen LogP contribution < -0.4 is 0 Å². The van der Waals surface area contributed by atoms with Crippen molar-refractivity contribution in [3.63, 3.8) is 0 Å². The first-order valence-electron chi connectivity index (χ1n) is 8.53. The highest BCUT2D eigenvalue weighted by atomic mass is 31.2. The molecule has 2 heterocycles. The van der Waals surface area contributed by atoms with Gasteiger partial charge in [0.2, 0.25) is 0 Å². The molecule has 0 saturated heterocycles. The highest BCUT2D eigenvalue weighted by molar-refractivity contribution is 7.51. The quantitative estimate of drug-likeness (QED) is 0.435. The number of rotatable bonds is 5. The standard InChI is InChI=1S/C20H17N2O5P/c23-17-5-1-3-13-7-9-15(21-19(13)17)11-27-28(25,26)12-16-10-8-14-4-2-6-18(24)20(14)22-16/h1-10,23-24H,11-12H2,(H,25,26). The topological polar surface area (TPSA) is 113 Å². The summed E-state index contributed by atoms with van der Waals surface area (Å²) in [7, 11) is -3.99. The van der Waals surface area contributed by atoms with Crippen LogP contribution in [0.15, 0.2) is 60.7 Å². The van der Waals surface area contributed by atoms with Crippen LogP contribution in [0, 0.1) is 0 Å². The number of pyridine rings is 2. The fourth-order valence-electron chi connectivity index (χ4n) is 2.93. The number of benzene rings is 2. The van der Waals surface area contributed by atoms with E-state index in [9.17, 15) is 19.7 Å². The summed E-state index contributed by atoms with van der Waals surface area (Å²) in [5, 5.41) is 21.3. The molecular formula is C20H17N2O5P. The number of phenolic OH excluding ortho intramolecular Hbond substituents is 2. The molecule has 0 radical (unpaired) electrons. The summed E-state index contributed by atoms with van der Waals surface area (Å²) >= 11 is 0. The third-order valence-corrected chi connectivity index (χ3v) is 5.55. The second-order valence-electron chi connectivity index (χ2n) is 6.37. The van der Waals surface area contributed by atoms with Gasteiger partial charge in [0.05, 0.1) is 24.2 Å². The maximum Gasteiger partial charge on any atom is 0.334 e. The lowest BCUT2D eigenvalue weighted by Crippen LogP contribution is -1.99. The lowest BCUT2D eigenvalue weighted by atomic mass is 10.2. The molecule has 1 unspecified atom stereocenters. The third kappa shape index (κ3) is 3.82. The Morgan fingerprint density at radius 1 is 0.786 bits per heavy atom. The van der Waals surface area contributed by atoms with Crippen molar-refractivity contribution in [1.29, 1.82) is 0 Å². The van der Waals surface area contributed by atoms with E-state index in [0.29, 0.717) is 22.4 Å². The molecule has 0 aliphatic heterocycles. The minimum atomic E-state index is -3.99. The van der Waals surface area contributed by atoms with Gasteiger partial charge in [-0.1, -0.05) is 36.4 Å². The van der Waals surface area contributed by atoms with Crippen molar-refractivity contribution < 1.29 is 24.2 Å². The van der Waals surface area contributed by atoms with Gasteiger partial charge >= 0.3 is 7.60 Å². The maximum atomic E-state index is 12.5. The van der Waals surface area contributed by atoms with Gasteiger partial charge in [-0.05, 0) is 24.3 Å². The van der Waals surface area contributed by atoms with Gasteiger partial charge in [-0.3, -0.25) is 4.57 Å². The van der Waals surface area contributed by atoms with Gasteiger partial charge in [0.15, 0.2) is 0 Å². The van der Waals surface area contributed by atoms with Gasteiger partial charge in [-0.25, -0.2) is 9.97 Å². The average molecular weight is 396 g/mol. The molecule has 0 aliphatic carbocycles. The van der Waals surface area contributed by atoms with E-state index >= 15 is 0 Å². The molecule has 0 bridgehead atoms. The van der Waals surface area contributed by atoms with Gasteiger partial charge in [0, 0.05) is 10.8 Å². The molecule has 8 heteroatoms. The van der Waals surface area contributed by atoms with E-state index in [2.05, 4.69) is 9.97 Å². The van der Waals surface area contributed by atoms with Crippen LogP contribution in [-0.2, 0) is 21.9 Å². The van der Waals surface area contributed by atoms with Crippen LogP contribution in [0.4, 0.5) is 0 Å². The summed E-state index contributed by atoms with van der Waals surface area (Å²) in [6.45, 7) is -0.184. The predicted octanol–water partition coefficient (Wildman–Crippen LogP) is 4.10. The van der Waals surface area contributed by atoms with Crippen LogP contribution in [0.25, 0.3) is 21.8 Å². The molecule has 142 valence electrons. The molecular weight excluding hydrogens is 379 g/mol. The summed E-state index contributed by atoms with van der Waals surface area (Å²) in [5.74, 6) is 0.0416. The molecule has 2 aromatic heterocycles. The molecule has 1 atom stereocenters. The van der Waals surface area contributed by atoms with Crippen molar-refractivity contribution in [3.05, 3.63) is 72.1 Å². The summed E-state index contributed by atoms with van der Waals surface area (Å²) in [5.41, 5.74) is 1.53. The van der Waals surface area contributed by atoms with E-state index in [-0.39, 0.29) is 24.3 Å². The first-order valence-corrected chi connectivity index (χ1v) is 10.3. The SMILES string of the molecule is O=P(O)(Cc1ccc2cccc(O)c2n1)OCc1ccc2cccc(O)c2n1. The summed E-state index contributed by atoms with van der Waals surface area (Å²) in [4.78, 5) is 18.7. The van der Waals surface area contributed by atoms with Gasteiger partial charge in [-0.2, -0.15) is 0 Å².